The van der Waals surface area contributed by atoms with Crippen LogP contribution in [-0.4, -0.2) is 10.5 Å². The van der Waals surface area contributed by atoms with Crippen molar-refractivity contribution in [3.63, 3.8) is 0 Å². The maximum absolute atomic E-state index is 13.2. The van der Waals surface area contributed by atoms with Gasteiger partial charge in [0.2, 0.25) is 0 Å². The number of para-hydroxylation sites is 1. The van der Waals surface area contributed by atoms with Crippen molar-refractivity contribution in [3.8, 4) is 11.5 Å². The van der Waals surface area contributed by atoms with Crippen molar-refractivity contribution < 1.29 is 14.3 Å². The summed E-state index contributed by atoms with van der Waals surface area (Å²) in [7, 11) is 1.75. The van der Waals surface area contributed by atoms with Crippen molar-refractivity contribution in [2.75, 3.05) is 0 Å². The number of aromatic nitrogens is 1. The van der Waals surface area contributed by atoms with Gasteiger partial charge in [-0.1, -0.05) is 48.5 Å². The molecule has 1 aliphatic rings. The van der Waals surface area contributed by atoms with Crippen LogP contribution in [0.2, 0.25) is 0 Å². The highest BCUT2D eigenvalue weighted by atomic mass is 16.5. The van der Waals surface area contributed by atoms with Crippen LogP contribution in [-0.2, 0) is 18.4 Å². The molecule has 3 aromatic carbocycles. The number of ether oxygens (including phenoxy) is 2. The third kappa shape index (κ3) is 3.46. The zero-order valence-corrected chi connectivity index (χ0v) is 18.0. The van der Waals surface area contributed by atoms with Gasteiger partial charge in [0, 0.05) is 18.4 Å². The number of esters is 1. The summed E-state index contributed by atoms with van der Waals surface area (Å²) in [4.78, 5) is 25.7. The molecule has 5 rings (SSSR count). The molecule has 0 fully saturated rings. The number of benzene rings is 3. The average Bonchev–Trinajstić information content (AvgIpc) is 2.82. The Balaban J connectivity index is 1.49. The molecule has 0 saturated carbocycles. The molecule has 0 aliphatic carbocycles. The lowest BCUT2D eigenvalue weighted by Crippen LogP contribution is -2.31. The Morgan fingerprint density at radius 2 is 1.69 bits per heavy atom. The molecule has 5 nitrogen and oxygen atoms in total. The van der Waals surface area contributed by atoms with E-state index >= 15 is 0 Å². The van der Waals surface area contributed by atoms with Crippen LogP contribution in [0.25, 0.3) is 10.9 Å². The molecule has 1 unspecified atom stereocenters. The summed E-state index contributed by atoms with van der Waals surface area (Å²) >= 11 is 0. The first-order chi connectivity index (χ1) is 15.5. The quantitative estimate of drug-likeness (QED) is 0.438. The Bertz CT molecular complexity index is 1390. The number of hydrogen-bond donors (Lipinski definition) is 0. The molecule has 0 bridgehead atoms. The summed E-state index contributed by atoms with van der Waals surface area (Å²) in [5, 5.41) is 0.765. The molecular weight excluding hydrogens is 402 g/mol. The molecule has 1 aromatic heterocycles. The standard InChI is InChI=1S/C27H23NO4/c1-17-7-3-4-8-19(17)16-31-20-13-11-18(12-14-20)22-15-24(29)32-26-21-9-5-6-10-23(21)28(2)27(30)25(22)26/h3-14,22H,15-16H2,1-2H3. The summed E-state index contributed by atoms with van der Waals surface area (Å²) in [6.45, 7) is 2.54. The minimum absolute atomic E-state index is 0.129. The number of rotatable bonds is 4. The van der Waals surface area contributed by atoms with E-state index in [4.69, 9.17) is 9.47 Å². The van der Waals surface area contributed by atoms with Crippen molar-refractivity contribution in [1.82, 2.24) is 4.57 Å². The lowest BCUT2D eigenvalue weighted by Gasteiger charge is -2.26. The van der Waals surface area contributed by atoms with E-state index in [1.165, 1.54) is 5.56 Å². The van der Waals surface area contributed by atoms with Gasteiger partial charge in [0.25, 0.3) is 5.56 Å². The first kappa shape index (κ1) is 20.1. The van der Waals surface area contributed by atoms with Crippen LogP contribution < -0.4 is 15.0 Å². The molecule has 32 heavy (non-hydrogen) atoms. The van der Waals surface area contributed by atoms with Gasteiger partial charge in [-0.25, -0.2) is 0 Å². The van der Waals surface area contributed by atoms with E-state index in [0.29, 0.717) is 17.9 Å². The summed E-state index contributed by atoms with van der Waals surface area (Å²) in [5.41, 5.74) is 4.33. The molecule has 0 N–H and O–H groups in total. The summed E-state index contributed by atoms with van der Waals surface area (Å²) in [5.74, 6) is 0.424. The summed E-state index contributed by atoms with van der Waals surface area (Å²) < 4.78 is 13.2. The van der Waals surface area contributed by atoms with Gasteiger partial charge >= 0.3 is 5.97 Å². The number of hydrogen-bond acceptors (Lipinski definition) is 4. The van der Waals surface area contributed by atoms with Gasteiger partial charge in [0.1, 0.15) is 18.1 Å². The predicted octanol–water partition coefficient (Wildman–Crippen LogP) is 4.87. The number of carbonyl (C=O) groups is 1. The molecule has 0 spiro atoms. The van der Waals surface area contributed by atoms with Crippen molar-refractivity contribution in [2.24, 2.45) is 7.05 Å². The molecule has 1 atom stereocenters. The van der Waals surface area contributed by atoms with Crippen LogP contribution in [0.4, 0.5) is 0 Å². The van der Waals surface area contributed by atoms with E-state index in [1.54, 1.807) is 11.6 Å². The zero-order chi connectivity index (χ0) is 22.2. The lowest BCUT2D eigenvalue weighted by atomic mass is 9.86. The Morgan fingerprint density at radius 1 is 0.969 bits per heavy atom. The van der Waals surface area contributed by atoms with E-state index in [1.807, 2.05) is 66.7 Å². The van der Waals surface area contributed by atoms with Crippen molar-refractivity contribution in [2.45, 2.75) is 25.9 Å². The molecule has 5 heteroatoms. The van der Waals surface area contributed by atoms with Crippen molar-refractivity contribution in [1.29, 1.82) is 0 Å². The third-order valence-corrected chi connectivity index (χ3v) is 6.16. The Kier molecular flexibility index (Phi) is 5.02. The second kappa shape index (κ2) is 8.00. The van der Waals surface area contributed by atoms with Crippen LogP contribution in [0.3, 0.4) is 0 Å². The first-order valence-electron chi connectivity index (χ1n) is 10.6. The second-order valence-corrected chi connectivity index (χ2v) is 8.14. The molecule has 1 aliphatic heterocycles. The number of pyridine rings is 1. The van der Waals surface area contributed by atoms with Gasteiger partial charge < -0.3 is 14.0 Å². The van der Waals surface area contributed by atoms with Crippen molar-refractivity contribution in [3.05, 3.63) is 105 Å². The molecule has 0 saturated heterocycles. The predicted molar refractivity (Wildman–Crippen MR) is 123 cm³/mol. The monoisotopic (exact) mass is 425 g/mol. The summed E-state index contributed by atoms with van der Waals surface area (Å²) in [6.07, 6.45) is 0.129. The lowest BCUT2D eigenvalue weighted by molar-refractivity contribution is -0.135. The fourth-order valence-electron chi connectivity index (χ4n) is 4.35. The number of aryl methyl sites for hydroxylation is 2. The van der Waals surface area contributed by atoms with Gasteiger partial charge in [0.15, 0.2) is 0 Å². The molecule has 0 radical (unpaired) electrons. The van der Waals surface area contributed by atoms with E-state index < -0.39 is 0 Å². The van der Waals surface area contributed by atoms with Crippen molar-refractivity contribution >= 4 is 16.9 Å². The molecule has 2 heterocycles. The minimum atomic E-state index is -0.361. The van der Waals surface area contributed by atoms with Crippen LogP contribution in [0.15, 0.2) is 77.6 Å². The SMILES string of the molecule is Cc1ccccc1COc1ccc(C2CC(=O)Oc3c2c(=O)n(C)c2ccccc32)cc1. The second-order valence-electron chi connectivity index (χ2n) is 8.14. The smallest absolute Gasteiger partial charge is 0.312 e. The summed E-state index contributed by atoms with van der Waals surface area (Å²) in [6, 6.07) is 23.2. The van der Waals surface area contributed by atoms with Crippen LogP contribution in [0.1, 0.15) is 34.6 Å². The highest BCUT2D eigenvalue weighted by Crippen LogP contribution is 2.40. The molecule has 4 aromatic rings. The Labute approximate surface area is 185 Å². The highest BCUT2D eigenvalue weighted by Gasteiger charge is 2.33. The maximum atomic E-state index is 13.2. The third-order valence-electron chi connectivity index (χ3n) is 6.16. The fourth-order valence-corrected chi connectivity index (χ4v) is 4.35. The average molecular weight is 425 g/mol. The molecule has 160 valence electrons. The zero-order valence-electron chi connectivity index (χ0n) is 18.0. The van der Waals surface area contributed by atoms with Crippen LogP contribution >= 0.6 is 0 Å². The fraction of sp³-hybridized carbons (Fsp3) is 0.185. The van der Waals surface area contributed by atoms with E-state index in [2.05, 4.69) is 13.0 Å². The van der Waals surface area contributed by atoms with Crippen LogP contribution in [0.5, 0.6) is 11.5 Å². The number of fused-ring (bicyclic) bond motifs is 3. The van der Waals surface area contributed by atoms with E-state index in [0.717, 1.165) is 27.8 Å². The van der Waals surface area contributed by atoms with E-state index in [9.17, 15) is 9.59 Å². The van der Waals surface area contributed by atoms with Gasteiger partial charge in [-0.2, -0.15) is 0 Å². The normalized spacial score (nSPS) is 15.3. The maximum Gasteiger partial charge on any atom is 0.312 e. The van der Waals surface area contributed by atoms with Crippen LogP contribution in [0, 0.1) is 6.92 Å². The van der Waals surface area contributed by atoms with Gasteiger partial charge in [-0.15, -0.1) is 0 Å². The molecule has 0 amide bonds. The van der Waals surface area contributed by atoms with Gasteiger partial charge in [-0.05, 0) is 47.9 Å². The topological polar surface area (TPSA) is 57.5 Å². The van der Waals surface area contributed by atoms with E-state index in [-0.39, 0.29) is 23.9 Å². The molecular formula is C27H23NO4. The Hall–Kier alpha value is -3.86. The first-order valence-corrected chi connectivity index (χ1v) is 10.6. The number of nitrogens with zero attached hydrogens (tertiary/aromatic N) is 1. The number of carbonyl (C=O) groups excluding carboxylic acids is 1. The highest BCUT2D eigenvalue weighted by molar-refractivity contribution is 5.91. The van der Waals surface area contributed by atoms with Gasteiger partial charge in [-0.3, -0.25) is 9.59 Å². The minimum Gasteiger partial charge on any atom is -0.489 e. The van der Waals surface area contributed by atoms with Gasteiger partial charge in [0.05, 0.1) is 17.5 Å². The largest absolute Gasteiger partial charge is 0.489 e. The Morgan fingerprint density at radius 3 is 2.47 bits per heavy atom.